The summed E-state index contributed by atoms with van der Waals surface area (Å²) < 4.78 is 0. The first-order valence-corrected chi connectivity index (χ1v) is 2.74. The Morgan fingerprint density at radius 1 is 1.25 bits per heavy atom. The maximum Gasteiger partial charge on any atom is -0.00300 e. The molecule has 0 aliphatic carbocycles. The third kappa shape index (κ3) is 1.82. The molecule has 8 heavy (non-hydrogen) atoms. The molecule has 0 unspecified atom stereocenters. The molecule has 0 radical (unpaired) electrons. The summed E-state index contributed by atoms with van der Waals surface area (Å²) >= 11 is 0. The lowest BCUT2D eigenvalue weighted by molar-refractivity contribution is 1.30. The van der Waals surface area contributed by atoms with Gasteiger partial charge in [0.25, 0.3) is 0 Å². The van der Waals surface area contributed by atoms with Crippen molar-refractivity contribution >= 4 is 0 Å². The molecule has 0 bridgehead atoms. The Balaban J connectivity index is 4.04. The quantitative estimate of drug-likeness (QED) is 0.513. The van der Waals surface area contributed by atoms with Gasteiger partial charge in [-0.25, -0.2) is 0 Å². The zero-order valence-electron chi connectivity index (χ0n) is 5.73. The predicted octanol–water partition coefficient (Wildman–Crippen LogP) is 1.82. The molecule has 1 heteroatoms. The van der Waals surface area contributed by atoms with E-state index in [0.717, 1.165) is 5.57 Å². The molecule has 0 aromatic heterocycles. The smallest absolute Gasteiger partial charge is 0.00300 e. The zero-order valence-corrected chi connectivity index (χ0v) is 5.73. The summed E-state index contributed by atoms with van der Waals surface area (Å²) in [6.07, 6.45) is 3.66. The fourth-order valence-corrected chi connectivity index (χ4v) is 0.359. The van der Waals surface area contributed by atoms with Gasteiger partial charge in [-0.1, -0.05) is 11.6 Å². The number of allylic oxidation sites excluding steroid dienone is 3. The van der Waals surface area contributed by atoms with Gasteiger partial charge in [0.05, 0.1) is 0 Å². The van der Waals surface area contributed by atoms with Crippen molar-refractivity contribution in [2.75, 3.05) is 0 Å². The average molecular weight is 111 g/mol. The molecule has 1 nitrogen and oxygen atoms in total. The van der Waals surface area contributed by atoms with Crippen LogP contribution in [0.25, 0.3) is 0 Å². The molecule has 0 fully saturated rings. The fourth-order valence-electron chi connectivity index (χ4n) is 0.359. The molecule has 2 N–H and O–H groups in total. The Morgan fingerprint density at radius 3 is 1.88 bits per heavy atom. The largest absolute Gasteiger partial charge is 0.404 e. The summed E-state index contributed by atoms with van der Waals surface area (Å²) in [5, 5.41) is 0. The lowest BCUT2D eigenvalue weighted by Crippen LogP contribution is -1.84. The van der Waals surface area contributed by atoms with Crippen LogP contribution in [0, 0.1) is 0 Å². The van der Waals surface area contributed by atoms with E-state index in [0.29, 0.717) is 0 Å². The zero-order chi connectivity index (χ0) is 6.57. The number of nitrogens with two attached hydrogens (primary N) is 1. The third-order valence-electron chi connectivity index (χ3n) is 1.31. The summed E-state index contributed by atoms with van der Waals surface area (Å²) in [5.74, 6) is 0. The SMILES string of the molecule is C/C=C(C)\C(C)=C\N. The van der Waals surface area contributed by atoms with Gasteiger partial charge in [0.2, 0.25) is 0 Å². The van der Waals surface area contributed by atoms with Gasteiger partial charge in [0.1, 0.15) is 0 Å². The second-order valence-electron chi connectivity index (χ2n) is 1.82. The van der Waals surface area contributed by atoms with Crippen LogP contribution in [0.3, 0.4) is 0 Å². The molecule has 0 atom stereocenters. The van der Waals surface area contributed by atoms with Crippen molar-refractivity contribution in [2.24, 2.45) is 5.73 Å². The Labute approximate surface area is 50.9 Å². The van der Waals surface area contributed by atoms with E-state index in [2.05, 4.69) is 0 Å². The van der Waals surface area contributed by atoms with Crippen molar-refractivity contribution in [1.29, 1.82) is 0 Å². The highest BCUT2D eigenvalue weighted by atomic mass is 14.5. The monoisotopic (exact) mass is 111 g/mol. The van der Waals surface area contributed by atoms with E-state index in [1.807, 2.05) is 26.8 Å². The first kappa shape index (κ1) is 7.28. The highest BCUT2D eigenvalue weighted by molar-refractivity contribution is 5.24. The van der Waals surface area contributed by atoms with Crippen LogP contribution in [0.15, 0.2) is 23.4 Å². The van der Waals surface area contributed by atoms with Crippen LogP contribution in [0.2, 0.25) is 0 Å². The van der Waals surface area contributed by atoms with Gasteiger partial charge >= 0.3 is 0 Å². The minimum atomic E-state index is 1.15. The molecule has 0 heterocycles. The van der Waals surface area contributed by atoms with Crippen molar-refractivity contribution in [2.45, 2.75) is 20.8 Å². The fraction of sp³-hybridized carbons (Fsp3) is 0.429. The van der Waals surface area contributed by atoms with E-state index in [1.54, 1.807) is 6.20 Å². The Bertz CT molecular complexity index is 104. The molecule has 0 spiro atoms. The van der Waals surface area contributed by atoms with Gasteiger partial charge in [0.15, 0.2) is 0 Å². The minimum Gasteiger partial charge on any atom is -0.404 e. The molecule has 0 amide bonds. The van der Waals surface area contributed by atoms with Crippen LogP contribution in [-0.2, 0) is 0 Å². The summed E-state index contributed by atoms with van der Waals surface area (Å²) in [4.78, 5) is 0. The highest BCUT2D eigenvalue weighted by Crippen LogP contribution is 2.04. The standard InChI is InChI=1S/C7H13N/c1-4-6(2)7(3)5-8/h4-5H,8H2,1-3H3/b6-4-,7-5+. The average Bonchev–Trinajstić information content (AvgIpc) is 1.84. The molecule has 0 aliphatic heterocycles. The van der Waals surface area contributed by atoms with Gasteiger partial charge in [-0.15, -0.1) is 0 Å². The van der Waals surface area contributed by atoms with Gasteiger partial charge in [-0.2, -0.15) is 0 Å². The Kier molecular flexibility index (Phi) is 3.01. The molecular weight excluding hydrogens is 98.1 g/mol. The Hall–Kier alpha value is -0.720. The van der Waals surface area contributed by atoms with E-state index in [9.17, 15) is 0 Å². The summed E-state index contributed by atoms with van der Waals surface area (Å²) in [6.45, 7) is 6.04. The molecule has 0 aromatic carbocycles. The molecule has 46 valence electrons. The first-order chi connectivity index (χ1) is 3.72. The van der Waals surface area contributed by atoms with Gasteiger partial charge < -0.3 is 5.73 Å². The van der Waals surface area contributed by atoms with Crippen LogP contribution < -0.4 is 5.73 Å². The lowest BCUT2D eigenvalue weighted by Gasteiger charge is -1.95. The van der Waals surface area contributed by atoms with E-state index < -0.39 is 0 Å². The van der Waals surface area contributed by atoms with Gasteiger partial charge in [-0.3, -0.25) is 0 Å². The summed E-state index contributed by atoms with van der Waals surface area (Å²) in [6, 6.07) is 0. The number of hydrogen-bond acceptors (Lipinski definition) is 1. The van der Waals surface area contributed by atoms with Crippen molar-refractivity contribution in [3.63, 3.8) is 0 Å². The van der Waals surface area contributed by atoms with Crippen LogP contribution in [0.4, 0.5) is 0 Å². The number of rotatable bonds is 1. The maximum atomic E-state index is 5.25. The Morgan fingerprint density at radius 2 is 1.75 bits per heavy atom. The molecule has 0 saturated heterocycles. The van der Waals surface area contributed by atoms with Crippen LogP contribution in [0.5, 0.6) is 0 Å². The van der Waals surface area contributed by atoms with Crippen molar-refractivity contribution in [3.8, 4) is 0 Å². The number of hydrogen-bond donors (Lipinski definition) is 1. The van der Waals surface area contributed by atoms with Gasteiger partial charge in [0, 0.05) is 0 Å². The topological polar surface area (TPSA) is 26.0 Å². The highest BCUT2D eigenvalue weighted by Gasteiger charge is 1.85. The van der Waals surface area contributed by atoms with Crippen LogP contribution >= 0.6 is 0 Å². The molecule has 0 aromatic rings. The lowest BCUT2D eigenvalue weighted by atomic mass is 10.1. The molecule has 0 aliphatic rings. The summed E-state index contributed by atoms with van der Waals surface area (Å²) in [7, 11) is 0. The minimum absolute atomic E-state index is 1.15. The van der Waals surface area contributed by atoms with Crippen molar-refractivity contribution in [3.05, 3.63) is 23.4 Å². The maximum absolute atomic E-state index is 5.25. The van der Waals surface area contributed by atoms with E-state index in [1.165, 1.54) is 5.57 Å². The molecular formula is C7H13N. The summed E-state index contributed by atoms with van der Waals surface area (Å²) in [5.41, 5.74) is 7.63. The second-order valence-corrected chi connectivity index (χ2v) is 1.82. The van der Waals surface area contributed by atoms with E-state index in [-0.39, 0.29) is 0 Å². The van der Waals surface area contributed by atoms with E-state index in [4.69, 9.17) is 5.73 Å². The third-order valence-corrected chi connectivity index (χ3v) is 1.31. The normalized spacial score (nSPS) is 14.4. The predicted molar refractivity (Wildman–Crippen MR) is 37.4 cm³/mol. The van der Waals surface area contributed by atoms with Gasteiger partial charge in [-0.05, 0) is 32.5 Å². The first-order valence-electron chi connectivity index (χ1n) is 2.74. The molecule has 0 rings (SSSR count). The van der Waals surface area contributed by atoms with E-state index >= 15 is 0 Å². The molecule has 0 saturated carbocycles. The van der Waals surface area contributed by atoms with Crippen LogP contribution in [0.1, 0.15) is 20.8 Å². The second kappa shape index (κ2) is 3.30. The van der Waals surface area contributed by atoms with Crippen LogP contribution in [-0.4, -0.2) is 0 Å². The van der Waals surface area contributed by atoms with Crippen molar-refractivity contribution < 1.29 is 0 Å². The van der Waals surface area contributed by atoms with Crippen molar-refractivity contribution in [1.82, 2.24) is 0 Å².